The largest absolute Gasteiger partial charge is 0.384 e. The molecule has 0 aliphatic heterocycles. The van der Waals surface area contributed by atoms with Gasteiger partial charge in [0.15, 0.2) is 0 Å². The van der Waals surface area contributed by atoms with Gasteiger partial charge in [-0.15, -0.1) is 6.58 Å². The Morgan fingerprint density at radius 3 is 2.33 bits per heavy atom. The predicted octanol–water partition coefficient (Wildman–Crippen LogP) is 3.29. The van der Waals surface area contributed by atoms with Crippen LogP contribution < -0.4 is 0 Å². The summed E-state index contributed by atoms with van der Waals surface area (Å²) in [6.07, 6.45) is 2.99. The number of ether oxygens (including phenoxy) is 1. The van der Waals surface area contributed by atoms with E-state index < -0.39 is 0 Å². The zero-order valence-electron chi connectivity index (χ0n) is 9.92. The molecule has 1 aromatic carbocycles. The first-order valence-electron chi connectivity index (χ1n) is 5.34. The molecule has 0 bridgehead atoms. The van der Waals surface area contributed by atoms with Gasteiger partial charge < -0.3 is 4.74 Å². The zero-order chi connectivity index (χ0) is 11.3. The number of aryl methyl sites for hydroxylation is 2. The van der Waals surface area contributed by atoms with Crippen molar-refractivity contribution in [1.29, 1.82) is 0 Å². The highest BCUT2D eigenvalue weighted by Gasteiger charge is 2.05. The van der Waals surface area contributed by atoms with Gasteiger partial charge in [0.1, 0.15) is 0 Å². The molecule has 1 atom stereocenters. The second kappa shape index (κ2) is 5.72. The van der Waals surface area contributed by atoms with Gasteiger partial charge in [-0.1, -0.05) is 35.4 Å². The quantitative estimate of drug-likeness (QED) is 0.669. The summed E-state index contributed by atoms with van der Waals surface area (Å²) in [4.78, 5) is 0. The van der Waals surface area contributed by atoms with Crippen molar-refractivity contribution in [2.24, 2.45) is 5.92 Å². The Morgan fingerprint density at radius 1 is 1.27 bits per heavy atom. The molecule has 1 heteroatoms. The molecule has 0 N–H and O–H groups in total. The fourth-order valence-corrected chi connectivity index (χ4v) is 1.91. The van der Waals surface area contributed by atoms with Crippen molar-refractivity contribution in [3.63, 3.8) is 0 Å². The third-order valence-electron chi connectivity index (χ3n) is 2.49. The summed E-state index contributed by atoms with van der Waals surface area (Å²) in [5, 5.41) is 0. The summed E-state index contributed by atoms with van der Waals surface area (Å²) in [5.74, 6) is 0.413. The molecular weight excluding hydrogens is 184 g/mol. The maximum Gasteiger partial charge on any atom is 0.0528 e. The molecule has 0 aromatic heterocycles. The van der Waals surface area contributed by atoms with Crippen molar-refractivity contribution in [2.45, 2.75) is 20.3 Å². The van der Waals surface area contributed by atoms with Crippen molar-refractivity contribution in [3.8, 4) is 0 Å². The van der Waals surface area contributed by atoms with Gasteiger partial charge in [-0.25, -0.2) is 0 Å². The minimum Gasteiger partial charge on any atom is -0.384 e. The molecule has 15 heavy (non-hydrogen) atoms. The summed E-state index contributed by atoms with van der Waals surface area (Å²) in [7, 11) is 1.73. The van der Waals surface area contributed by atoms with E-state index in [1.54, 1.807) is 7.11 Å². The summed E-state index contributed by atoms with van der Waals surface area (Å²) >= 11 is 0. The highest BCUT2D eigenvalue weighted by molar-refractivity contribution is 5.29. The molecule has 0 spiro atoms. The number of methoxy groups -OCH3 is 1. The Morgan fingerprint density at radius 2 is 1.87 bits per heavy atom. The van der Waals surface area contributed by atoms with Gasteiger partial charge in [-0.3, -0.25) is 0 Å². The van der Waals surface area contributed by atoms with Crippen molar-refractivity contribution in [3.05, 3.63) is 47.5 Å². The van der Waals surface area contributed by atoms with E-state index in [2.05, 4.69) is 38.6 Å². The molecule has 0 aliphatic carbocycles. The standard InChI is InChI=1S/C14H20O/c1-5-13(10-15-4)9-14-7-11(2)6-12(3)8-14/h5-8,13H,1,9-10H2,2-4H3. The fraction of sp³-hybridized carbons (Fsp3) is 0.429. The van der Waals surface area contributed by atoms with Crippen LogP contribution in [0.4, 0.5) is 0 Å². The number of hydrogen-bond acceptors (Lipinski definition) is 1. The average Bonchev–Trinajstić information content (AvgIpc) is 2.15. The topological polar surface area (TPSA) is 9.23 Å². The Bertz CT molecular complexity index is 308. The Labute approximate surface area is 92.8 Å². The lowest BCUT2D eigenvalue weighted by molar-refractivity contribution is 0.170. The van der Waals surface area contributed by atoms with Crippen molar-refractivity contribution in [2.75, 3.05) is 13.7 Å². The minimum absolute atomic E-state index is 0.413. The van der Waals surface area contributed by atoms with Gasteiger partial charge in [-0.05, 0) is 25.8 Å². The van der Waals surface area contributed by atoms with E-state index in [0.29, 0.717) is 5.92 Å². The smallest absolute Gasteiger partial charge is 0.0528 e. The van der Waals surface area contributed by atoms with Crippen LogP contribution in [0, 0.1) is 19.8 Å². The molecule has 1 unspecified atom stereocenters. The molecule has 0 radical (unpaired) electrons. The van der Waals surface area contributed by atoms with Gasteiger partial charge in [-0.2, -0.15) is 0 Å². The Kier molecular flexibility index (Phi) is 4.57. The first-order valence-corrected chi connectivity index (χ1v) is 5.34. The lowest BCUT2D eigenvalue weighted by Crippen LogP contribution is -2.08. The molecule has 0 amide bonds. The van der Waals surface area contributed by atoms with E-state index in [0.717, 1.165) is 13.0 Å². The van der Waals surface area contributed by atoms with E-state index in [9.17, 15) is 0 Å². The number of benzene rings is 1. The van der Waals surface area contributed by atoms with Crippen LogP contribution in [0.3, 0.4) is 0 Å². The van der Waals surface area contributed by atoms with E-state index >= 15 is 0 Å². The highest BCUT2D eigenvalue weighted by Crippen LogP contribution is 2.14. The maximum atomic E-state index is 5.16. The van der Waals surface area contributed by atoms with Crippen LogP contribution in [0.1, 0.15) is 16.7 Å². The summed E-state index contributed by atoms with van der Waals surface area (Å²) in [6, 6.07) is 6.67. The Balaban J connectivity index is 2.74. The van der Waals surface area contributed by atoms with E-state index in [-0.39, 0.29) is 0 Å². The molecule has 1 nitrogen and oxygen atoms in total. The second-order valence-corrected chi connectivity index (χ2v) is 4.15. The van der Waals surface area contributed by atoms with E-state index in [1.807, 2.05) is 6.08 Å². The second-order valence-electron chi connectivity index (χ2n) is 4.15. The third-order valence-corrected chi connectivity index (χ3v) is 2.49. The fourth-order valence-electron chi connectivity index (χ4n) is 1.91. The summed E-state index contributed by atoms with van der Waals surface area (Å²) in [5.41, 5.74) is 4.02. The van der Waals surface area contributed by atoms with Crippen LogP contribution in [-0.4, -0.2) is 13.7 Å². The average molecular weight is 204 g/mol. The molecule has 0 heterocycles. The number of hydrogen-bond donors (Lipinski definition) is 0. The maximum absolute atomic E-state index is 5.16. The zero-order valence-corrected chi connectivity index (χ0v) is 9.92. The molecular formula is C14H20O. The molecule has 0 saturated carbocycles. The van der Waals surface area contributed by atoms with Crippen molar-refractivity contribution < 1.29 is 4.74 Å². The van der Waals surface area contributed by atoms with Gasteiger partial charge in [0.2, 0.25) is 0 Å². The normalized spacial score (nSPS) is 12.5. The lowest BCUT2D eigenvalue weighted by atomic mass is 9.97. The molecule has 82 valence electrons. The van der Waals surface area contributed by atoms with Crippen LogP contribution in [0.25, 0.3) is 0 Å². The molecule has 1 rings (SSSR count). The van der Waals surface area contributed by atoms with Crippen LogP contribution in [0.2, 0.25) is 0 Å². The number of rotatable bonds is 5. The molecule has 1 aromatic rings. The van der Waals surface area contributed by atoms with Crippen LogP contribution in [0.15, 0.2) is 30.9 Å². The van der Waals surface area contributed by atoms with Gasteiger partial charge >= 0.3 is 0 Å². The highest BCUT2D eigenvalue weighted by atomic mass is 16.5. The molecule has 0 aliphatic rings. The Hall–Kier alpha value is -1.08. The van der Waals surface area contributed by atoms with Crippen molar-refractivity contribution in [1.82, 2.24) is 0 Å². The summed E-state index contributed by atoms with van der Waals surface area (Å²) < 4.78 is 5.16. The van der Waals surface area contributed by atoms with Gasteiger partial charge in [0, 0.05) is 13.0 Å². The van der Waals surface area contributed by atoms with Crippen LogP contribution in [-0.2, 0) is 11.2 Å². The SMILES string of the molecule is C=CC(COC)Cc1cc(C)cc(C)c1. The molecule has 0 saturated heterocycles. The molecule has 0 fully saturated rings. The minimum atomic E-state index is 0.413. The predicted molar refractivity (Wildman–Crippen MR) is 65.2 cm³/mol. The monoisotopic (exact) mass is 204 g/mol. The van der Waals surface area contributed by atoms with Crippen LogP contribution >= 0.6 is 0 Å². The third kappa shape index (κ3) is 3.88. The van der Waals surface area contributed by atoms with Gasteiger partial charge in [0.25, 0.3) is 0 Å². The first kappa shape index (κ1) is 12.0. The summed E-state index contributed by atoms with van der Waals surface area (Å²) in [6.45, 7) is 8.86. The van der Waals surface area contributed by atoms with Crippen LogP contribution in [0.5, 0.6) is 0 Å². The van der Waals surface area contributed by atoms with E-state index in [4.69, 9.17) is 4.74 Å². The van der Waals surface area contributed by atoms with Crippen molar-refractivity contribution >= 4 is 0 Å². The van der Waals surface area contributed by atoms with E-state index in [1.165, 1.54) is 16.7 Å². The first-order chi connectivity index (χ1) is 7.15. The lowest BCUT2D eigenvalue weighted by Gasteiger charge is -2.12. The van der Waals surface area contributed by atoms with Gasteiger partial charge in [0.05, 0.1) is 6.61 Å².